The summed E-state index contributed by atoms with van der Waals surface area (Å²) in [4.78, 5) is 16.6. The predicted octanol–water partition coefficient (Wildman–Crippen LogP) is 0.510. The Morgan fingerprint density at radius 1 is 1.61 bits per heavy atom. The van der Waals surface area contributed by atoms with Crippen LogP contribution in [0.1, 0.15) is 5.82 Å². The third-order valence-corrected chi connectivity index (χ3v) is 2.45. The van der Waals surface area contributed by atoms with Crippen molar-refractivity contribution >= 4 is 17.4 Å². The fourth-order valence-electron chi connectivity index (χ4n) is 1.70. The summed E-state index contributed by atoms with van der Waals surface area (Å²) >= 11 is 0. The number of anilines is 1. The predicted molar refractivity (Wildman–Crippen MR) is 65.6 cm³/mol. The van der Waals surface area contributed by atoms with E-state index in [1.54, 1.807) is 27.8 Å². The largest absolute Gasteiger partial charge is 0.480 e. The lowest BCUT2D eigenvalue weighted by atomic mass is 10.4. The van der Waals surface area contributed by atoms with Crippen LogP contribution in [0, 0.1) is 6.92 Å². The van der Waals surface area contributed by atoms with Gasteiger partial charge in [-0.25, -0.2) is 4.98 Å². The number of carboxylic acid groups (broad SMARTS) is 1. The van der Waals surface area contributed by atoms with Gasteiger partial charge in [-0.3, -0.25) is 9.20 Å². The first-order valence-electron chi connectivity index (χ1n) is 5.37. The Kier molecular flexibility index (Phi) is 3.22. The van der Waals surface area contributed by atoms with Crippen LogP contribution in [0.3, 0.4) is 0 Å². The van der Waals surface area contributed by atoms with Gasteiger partial charge in [0.25, 0.3) is 0 Å². The summed E-state index contributed by atoms with van der Waals surface area (Å²) in [5.41, 5.74) is 0.540. The first-order valence-corrected chi connectivity index (χ1v) is 5.37. The van der Waals surface area contributed by atoms with Gasteiger partial charge in [0, 0.05) is 18.9 Å². The maximum absolute atomic E-state index is 10.9. The molecule has 0 unspecified atom stereocenters. The molecule has 7 heteroatoms. The molecular formula is C11H13N5O2. The van der Waals surface area contributed by atoms with E-state index in [1.165, 1.54) is 0 Å². The molecule has 0 fully saturated rings. The Bertz CT molecular complexity index is 592. The van der Waals surface area contributed by atoms with Crippen molar-refractivity contribution in [2.75, 3.05) is 18.0 Å². The quantitative estimate of drug-likeness (QED) is 0.775. The molecule has 18 heavy (non-hydrogen) atoms. The highest BCUT2D eigenvalue weighted by Crippen LogP contribution is 2.17. The van der Waals surface area contributed by atoms with Crippen LogP contribution in [0.15, 0.2) is 25.0 Å². The summed E-state index contributed by atoms with van der Waals surface area (Å²) < 4.78 is 1.76. The molecular weight excluding hydrogens is 234 g/mol. The van der Waals surface area contributed by atoms with E-state index in [2.05, 4.69) is 21.8 Å². The minimum Gasteiger partial charge on any atom is -0.480 e. The van der Waals surface area contributed by atoms with Crippen molar-refractivity contribution < 1.29 is 9.90 Å². The van der Waals surface area contributed by atoms with Gasteiger partial charge < -0.3 is 10.0 Å². The Morgan fingerprint density at radius 2 is 2.39 bits per heavy atom. The van der Waals surface area contributed by atoms with Crippen molar-refractivity contribution in [2.45, 2.75) is 6.92 Å². The van der Waals surface area contributed by atoms with Gasteiger partial charge in [-0.05, 0) is 6.92 Å². The molecule has 0 radical (unpaired) electrons. The lowest BCUT2D eigenvalue weighted by Crippen LogP contribution is -2.31. The van der Waals surface area contributed by atoms with E-state index in [-0.39, 0.29) is 6.54 Å². The van der Waals surface area contributed by atoms with Crippen molar-refractivity contribution in [3.63, 3.8) is 0 Å². The number of nitrogens with zero attached hydrogens (tertiary/aromatic N) is 5. The zero-order valence-corrected chi connectivity index (χ0v) is 9.94. The van der Waals surface area contributed by atoms with Gasteiger partial charge in [-0.2, -0.15) is 0 Å². The molecule has 1 N–H and O–H groups in total. The lowest BCUT2D eigenvalue weighted by Gasteiger charge is -2.19. The molecule has 0 spiro atoms. The monoisotopic (exact) mass is 247 g/mol. The molecule has 0 saturated carbocycles. The van der Waals surface area contributed by atoms with Crippen molar-refractivity contribution in [3.05, 3.63) is 30.9 Å². The summed E-state index contributed by atoms with van der Waals surface area (Å²) in [6, 6.07) is 0. The SMILES string of the molecule is C=CCN(CC(=O)O)c1nccn2c(C)nnc12. The van der Waals surface area contributed by atoms with Crippen LogP contribution in [0.5, 0.6) is 0 Å². The maximum atomic E-state index is 10.9. The second-order valence-corrected chi connectivity index (χ2v) is 3.75. The van der Waals surface area contributed by atoms with E-state index >= 15 is 0 Å². The van der Waals surface area contributed by atoms with Crippen LogP contribution in [-0.2, 0) is 4.79 Å². The molecule has 0 atom stereocenters. The van der Waals surface area contributed by atoms with E-state index in [1.807, 2.05) is 6.92 Å². The maximum Gasteiger partial charge on any atom is 0.323 e. The number of rotatable bonds is 5. The van der Waals surface area contributed by atoms with E-state index < -0.39 is 5.97 Å². The molecule has 2 aromatic rings. The molecule has 0 aromatic carbocycles. The summed E-state index contributed by atoms with van der Waals surface area (Å²) in [5.74, 6) is 0.278. The number of hydrogen-bond acceptors (Lipinski definition) is 5. The third-order valence-electron chi connectivity index (χ3n) is 2.45. The van der Waals surface area contributed by atoms with Crippen molar-refractivity contribution in [1.82, 2.24) is 19.6 Å². The average Bonchev–Trinajstić information content (AvgIpc) is 2.70. The van der Waals surface area contributed by atoms with Crippen LogP contribution in [0.2, 0.25) is 0 Å². The number of fused-ring (bicyclic) bond motifs is 1. The van der Waals surface area contributed by atoms with Crippen LogP contribution in [-0.4, -0.2) is 43.7 Å². The highest BCUT2D eigenvalue weighted by Gasteiger charge is 2.16. The van der Waals surface area contributed by atoms with Gasteiger partial charge >= 0.3 is 5.97 Å². The summed E-state index contributed by atoms with van der Waals surface area (Å²) in [6.45, 7) is 5.65. The molecule has 94 valence electrons. The third kappa shape index (κ3) is 2.15. The second kappa shape index (κ2) is 4.82. The fourth-order valence-corrected chi connectivity index (χ4v) is 1.70. The summed E-state index contributed by atoms with van der Waals surface area (Å²) in [6.07, 6.45) is 4.95. The minimum atomic E-state index is -0.933. The number of aromatic nitrogens is 4. The molecule has 2 aromatic heterocycles. The lowest BCUT2D eigenvalue weighted by molar-refractivity contribution is -0.135. The van der Waals surface area contributed by atoms with Gasteiger partial charge in [-0.15, -0.1) is 16.8 Å². The van der Waals surface area contributed by atoms with Gasteiger partial charge in [0.2, 0.25) is 5.65 Å². The van der Waals surface area contributed by atoms with Crippen LogP contribution < -0.4 is 4.90 Å². The summed E-state index contributed by atoms with van der Waals surface area (Å²) in [5, 5.41) is 16.9. The first kappa shape index (κ1) is 12.0. The van der Waals surface area contributed by atoms with Crippen LogP contribution in [0.4, 0.5) is 5.82 Å². The molecule has 2 heterocycles. The van der Waals surface area contributed by atoms with Crippen molar-refractivity contribution in [1.29, 1.82) is 0 Å². The molecule has 0 amide bonds. The number of carboxylic acids is 1. The van der Waals surface area contributed by atoms with E-state index in [0.29, 0.717) is 18.0 Å². The summed E-state index contributed by atoms with van der Waals surface area (Å²) in [7, 11) is 0. The van der Waals surface area contributed by atoms with Crippen LogP contribution >= 0.6 is 0 Å². The second-order valence-electron chi connectivity index (χ2n) is 3.75. The fraction of sp³-hybridized carbons (Fsp3) is 0.273. The van der Waals surface area contributed by atoms with E-state index in [4.69, 9.17) is 5.11 Å². The minimum absolute atomic E-state index is 0.162. The normalized spacial score (nSPS) is 10.5. The molecule has 0 aliphatic heterocycles. The standard InChI is InChI=1S/C11H13N5O2/c1-3-5-15(7-9(17)18)10-11-14-13-8(2)16(11)6-4-12-10/h3-4,6H,1,5,7H2,2H3,(H,17,18). The van der Waals surface area contributed by atoms with Crippen molar-refractivity contribution in [2.24, 2.45) is 0 Å². The van der Waals surface area contributed by atoms with Gasteiger partial charge in [0.15, 0.2) is 5.82 Å². The molecule has 7 nitrogen and oxygen atoms in total. The molecule has 0 aliphatic carbocycles. The topological polar surface area (TPSA) is 83.6 Å². The Labute approximate surface area is 103 Å². The number of aryl methyl sites for hydroxylation is 1. The van der Waals surface area contributed by atoms with Crippen molar-refractivity contribution in [3.8, 4) is 0 Å². The molecule has 0 bridgehead atoms. The van der Waals surface area contributed by atoms with Gasteiger partial charge in [-0.1, -0.05) is 6.08 Å². The molecule has 0 saturated heterocycles. The Balaban J connectivity index is 2.49. The smallest absolute Gasteiger partial charge is 0.323 e. The average molecular weight is 247 g/mol. The van der Waals surface area contributed by atoms with E-state index in [9.17, 15) is 4.79 Å². The zero-order chi connectivity index (χ0) is 13.1. The molecule has 2 rings (SSSR count). The number of hydrogen-bond donors (Lipinski definition) is 1. The molecule has 0 aliphatic rings. The Hall–Kier alpha value is -2.44. The number of carbonyl (C=O) groups is 1. The van der Waals surface area contributed by atoms with E-state index in [0.717, 1.165) is 5.82 Å². The van der Waals surface area contributed by atoms with Crippen LogP contribution in [0.25, 0.3) is 5.65 Å². The highest BCUT2D eigenvalue weighted by molar-refractivity contribution is 5.76. The van der Waals surface area contributed by atoms with Gasteiger partial charge in [0.1, 0.15) is 12.4 Å². The zero-order valence-electron chi connectivity index (χ0n) is 9.94. The highest BCUT2D eigenvalue weighted by atomic mass is 16.4. The Morgan fingerprint density at radius 3 is 3.06 bits per heavy atom. The number of aliphatic carboxylic acids is 1. The first-order chi connectivity index (χ1) is 8.63. The van der Waals surface area contributed by atoms with Gasteiger partial charge in [0.05, 0.1) is 0 Å².